The van der Waals surface area contributed by atoms with Crippen molar-refractivity contribution in [3.05, 3.63) is 0 Å². The summed E-state index contributed by atoms with van der Waals surface area (Å²) in [7, 11) is 0. The molecule has 0 aliphatic heterocycles. The summed E-state index contributed by atoms with van der Waals surface area (Å²) in [4.78, 5) is 21.2. The Kier molecular flexibility index (Phi) is 10.1. The third kappa shape index (κ3) is 5.83. The van der Waals surface area contributed by atoms with E-state index < -0.39 is 23.8 Å². The second kappa shape index (κ2) is 8.50. The van der Waals surface area contributed by atoms with Gasteiger partial charge in [0.1, 0.15) is 0 Å². The van der Waals surface area contributed by atoms with E-state index in [1.165, 1.54) is 6.92 Å². The fraction of sp³-hybridized carbons (Fsp3) is 0.778. The number of aliphatic carboxylic acids is 2. The molecule has 5 heteroatoms. The van der Waals surface area contributed by atoms with E-state index >= 15 is 0 Å². The summed E-state index contributed by atoms with van der Waals surface area (Å²) in [5.74, 6) is -3.60. The molecule has 0 saturated carbocycles. The van der Waals surface area contributed by atoms with Crippen LogP contribution >= 0.6 is 0 Å². The van der Waals surface area contributed by atoms with Crippen LogP contribution in [0.1, 0.15) is 33.1 Å². The Hall–Kier alpha value is 0.200. The molecule has 0 spiro atoms. The number of carbonyl (C=O) groups is 2. The van der Waals surface area contributed by atoms with Crippen molar-refractivity contribution in [1.82, 2.24) is 0 Å². The second-order valence-corrected chi connectivity index (χ2v) is 3.21. The predicted molar refractivity (Wildman–Crippen MR) is 56.0 cm³/mol. The molecule has 0 aromatic carbocycles. The SMILES string of the molecule is CCCCC(C(=O)O)C(C)C(=O)O.[CaH2]. The van der Waals surface area contributed by atoms with Gasteiger partial charge in [-0.15, -0.1) is 0 Å². The zero-order chi connectivity index (χ0) is 10.4. The van der Waals surface area contributed by atoms with E-state index in [2.05, 4.69) is 0 Å². The van der Waals surface area contributed by atoms with Gasteiger partial charge in [-0.25, -0.2) is 0 Å². The van der Waals surface area contributed by atoms with Crippen molar-refractivity contribution in [2.45, 2.75) is 33.1 Å². The van der Waals surface area contributed by atoms with Crippen LogP contribution in [-0.4, -0.2) is 59.9 Å². The Morgan fingerprint density at radius 2 is 1.71 bits per heavy atom. The van der Waals surface area contributed by atoms with Gasteiger partial charge in [-0.05, 0) is 6.42 Å². The van der Waals surface area contributed by atoms with E-state index in [1.54, 1.807) is 0 Å². The topological polar surface area (TPSA) is 74.6 Å². The number of hydrogen-bond acceptors (Lipinski definition) is 2. The maximum absolute atomic E-state index is 10.7. The van der Waals surface area contributed by atoms with Gasteiger partial charge in [-0.2, -0.15) is 0 Å². The van der Waals surface area contributed by atoms with Gasteiger partial charge in [-0.3, -0.25) is 9.59 Å². The molecule has 0 heterocycles. The van der Waals surface area contributed by atoms with Crippen molar-refractivity contribution in [2.24, 2.45) is 11.8 Å². The first-order chi connectivity index (χ1) is 6.00. The average Bonchev–Trinajstić information content (AvgIpc) is 2.04. The van der Waals surface area contributed by atoms with E-state index in [1.807, 2.05) is 6.92 Å². The monoisotopic (exact) mass is 230 g/mol. The van der Waals surface area contributed by atoms with E-state index in [0.717, 1.165) is 12.8 Å². The molecule has 0 rings (SSSR count). The molecule has 0 saturated heterocycles. The Morgan fingerprint density at radius 3 is 2.00 bits per heavy atom. The molecule has 0 aromatic heterocycles. The van der Waals surface area contributed by atoms with Crippen molar-refractivity contribution >= 4 is 49.7 Å². The van der Waals surface area contributed by atoms with Gasteiger partial charge in [0.2, 0.25) is 0 Å². The van der Waals surface area contributed by atoms with Gasteiger partial charge in [-0.1, -0.05) is 26.7 Å². The van der Waals surface area contributed by atoms with Crippen LogP contribution in [0.2, 0.25) is 0 Å². The fourth-order valence-corrected chi connectivity index (χ4v) is 1.18. The van der Waals surface area contributed by atoms with Crippen LogP contribution in [0.25, 0.3) is 0 Å². The predicted octanol–water partition coefficient (Wildman–Crippen LogP) is 0.682. The molecule has 2 atom stereocenters. The third-order valence-corrected chi connectivity index (χ3v) is 2.18. The van der Waals surface area contributed by atoms with E-state index in [-0.39, 0.29) is 37.7 Å². The molecule has 4 nitrogen and oxygen atoms in total. The molecule has 2 N–H and O–H groups in total. The van der Waals surface area contributed by atoms with Gasteiger partial charge in [0.25, 0.3) is 0 Å². The molecule has 14 heavy (non-hydrogen) atoms. The van der Waals surface area contributed by atoms with Crippen LogP contribution in [0.4, 0.5) is 0 Å². The van der Waals surface area contributed by atoms with Gasteiger partial charge >= 0.3 is 49.7 Å². The first-order valence-electron chi connectivity index (χ1n) is 4.46. The number of carboxylic acids is 2. The summed E-state index contributed by atoms with van der Waals surface area (Å²) in [5, 5.41) is 17.4. The van der Waals surface area contributed by atoms with Crippen LogP contribution < -0.4 is 0 Å². The van der Waals surface area contributed by atoms with Crippen molar-refractivity contribution in [3.8, 4) is 0 Å². The van der Waals surface area contributed by atoms with Crippen LogP contribution in [0.3, 0.4) is 0 Å². The minimum absolute atomic E-state index is 0. The van der Waals surface area contributed by atoms with Crippen LogP contribution in [0, 0.1) is 11.8 Å². The fourth-order valence-electron chi connectivity index (χ4n) is 1.18. The summed E-state index contributed by atoms with van der Waals surface area (Å²) < 4.78 is 0. The molecule has 0 bridgehead atoms. The van der Waals surface area contributed by atoms with Gasteiger partial charge < -0.3 is 10.2 Å². The summed E-state index contributed by atoms with van der Waals surface area (Å²) in [6, 6.07) is 0. The molecule has 0 aromatic rings. The third-order valence-electron chi connectivity index (χ3n) is 2.18. The van der Waals surface area contributed by atoms with Crippen molar-refractivity contribution in [2.75, 3.05) is 0 Å². The molecule has 0 aliphatic rings. The number of hydrogen-bond donors (Lipinski definition) is 2. The van der Waals surface area contributed by atoms with E-state index in [9.17, 15) is 9.59 Å². The quantitative estimate of drug-likeness (QED) is 0.658. The van der Waals surface area contributed by atoms with Crippen molar-refractivity contribution in [3.63, 3.8) is 0 Å². The Morgan fingerprint density at radius 1 is 1.21 bits per heavy atom. The maximum atomic E-state index is 10.7. The Balaban J connectivity index is 0. The second-order valence-electron chi connectivity index (χ2n) is 3.21. The van der Waals surface area contributed by atoms with Crippen molar-refractivity contribution < 1.29 is 19.8 Å². The van der Waals surface area contributed by atoms with Gasteiger partial charge in [0.05, 0.1) is 11.8 Å². The Labute approximate surface area is 114 Å². The Bertz CT molecular complexity index is 193. The normalized spacial score (nSPS) is 13.9. The molecule has 0 amide bonds. The van der Waals surface area contributed by atoms with E-state index in [0.29, 0.717) is 6.42 Å². The number of unbranched alkanes of at least 4 members (excludes halogenated alkanes) is 1. The summed E-state index contributed by atoms with van der Waals surface area (Å²) in [5.41, 5.74) is 0. The minimum atomic E-state index is -1.04. The zero-order valence-electron chi connectivity index (χ0n) is 7.99. The molecule has 0 radical (unpaired) electrons. The zero-order valence-corrected chi connectivity index (χ0v) is 7.99. The van der Waals surface area contributed by atoms with Gasteiger partial charge in [0.15, 0.2) is 0 Å². The van der Waals surface area contributed by atoms with Gasteiger partial charge in [0, 0.05) is 0 Å². The van der Waals surface area contributed by atoms with Crippen LogP contribution in [0.5, 0.6) is 0 Å². The number of rotatable bonds is 6. The van der Waals surface area contributed by atoms with Crippen LogP contribution in [0.15, 0.2) is 0 Å². The average molecular weight is 230 g/mol. The molecular weight excluding hydrogens is 212 g/mol. The standard InChI is InChI=1S/C9H16O4.Ca.2H/c1-3-4-5-7(9(12)13)6(2)8(10)11;;;/h6-7H,3-5H2,1-2H3,(H,10,11)(H,12,13);;;. The first kappa shape index (κ1) is 16.6. The summed E-state index contributed by atoms with van der Waals surface area (Å²) >= 11 is 0. The molecule has 0 aliphatic carbocycles. The molecule has 80 valence electrons. The summed E-state index contributed by atoms with van der Waals surface area (Å²) in [6.07, 6.45) is 2.09. The van der Waals surface area contributed by atoms with Crippen LogP contribution in [-0.2, 0) is 9.59 Å². The van der Waals surface area contributed by atoms with Crippen molar-refractivity contribution in [1.29, 1.82) is 0 Å². The van der Waals surface area contributed by atoms with E-state index in [4.69, 9.17) is 10.2 Å². The number of carboxylic acid groups (broad SMARTS) is 2. The first-order valence-corrected chi connectivity index (χ1v) is 4.46. The molecular formula is C9H18CaO4. The summed E-state index contributed by atoms with van der Waals surface area (Å²) in [6.45, 7) is 3.39. The molecule has 2 unspecified atom stereocenters. The molecule has 0 fully saturated rings.